The summed E-state index contributed by atoms with van der Waals surface area (Å²) in [5, 5.41) is 7.24. The fourth-order valence-corrected chi connectivity index (χ4v) is 3.80. The molecule has 0 bridgehead atoms. The van der Waals surface area contributed by atoms with Gasteiger partial charge in [-0.1, -0.05) is 6.42 Å². The Morgan fingerprint density at radius 1 is 1.09 bits per heavy atom. The molecule has 2 fully saturated rings. The lowest BCUT2D eigenvalue weighted by Crippen LogP contribution is -2.38. The summed E-state index contributed by atoms with van der Waals surface area (Å²) in [4.78, 5) is 9.47. The molecule has 0 amide bonds. The number of aromatic nitrogens is 3. The molecule has 2 aromatic rings. The molecule has 2 aliphatic heterocycles. The second-order valence-electron chi connectivity index (χ2n) is 6.63. The number of piperidine rings is 1. The zero-order chi connectivity index (χ0) is 14.8. The smallest absolute Gasteiger partial charge is 0.160 e. The maximum absolute atomic E-state index is 4.87. The Morgan fingerprint density at radius 3 is 2.77 bits per heavy atom. The predicted octanol–water partition coefficient (Wildman–Crippen LogP) is 1.87. The zero-order valence-electron chi connectivity index (χ0n) is 13.1. The van der Waals surface area contributed by atoms with Gasteiger partial charge in [-0.05, 0) is 50.9 Å². The standard InChI is InChI=1S/C17H25N5/c1-2-8-19-14(5-1)12-22-16(11-13-6-3-9-18-13)21-15-7-4-10-20-17(15)22/h4,7,10,13-14,18-19H,1-3,5-6,8-9,11-12H2. The molecular weight excluding hydrogens is 274 g/mol. The molecule has 2 saturated heterocycles. The molecule has 0 aromatic carbocycles. The molecule has 5 nitrogen and oxygen atoms in total. The van der Waals surface area contributed by atoms with Crippen molar-refractivity contribution >= 4 is 11.2 Å². The van der Waals surface area contributed by atoms with Crippen molar-refractivity contribution in [3.8, 4) is 0 Å². The minimum Gasteiger partial charge on any atom is -0.314 e. The number of fused-ring (bicyclic) bond motifs is 1. The molecule has 2 aromatic heterocycles. The van der Waals surface area contributed by atoms with Crippen LogP contribution in [0.5, 0.6) is 0 Å². The van der Waals surface area contributed by atoms with Crippen LogP contribution >= 0.6 is 0 Å². The van der Waals surface area contributed by atoms with E-state index in [9.17, 15) is 0 Å². The average molecular weight is 299 g/mol. The van der Waals surface area contributed by atoms with Crippen molar-refractivity contribution in [2.75, 3.05) is 13.1 Å². The number of pyridine rings is 1. The monoisotopic (exact) mass is 299 g/mol. The molecule has 22 heavy (non-hydrogen) atoms. The second kappa shape index (κ2) is 6.34. The van der Waals surface area contributed by atoms with Crippen LogP contribution in [0.3, 0.4) is 0 Å². The van der Waals surface area contributed by atoms with Gasteiger partial charge in [-0.2, -0.15) is 0 Å². The normalized spacial score (nSPS) is 25.8. The molecule has 2 atom stereocenters. The third-order valence-electron chi connectivity index (χ3n) is 4.99. The first-order chi connectivity index (χ1) is 10.9. The first-order valence-electron chi connectivity index (χ1n) is 8.67. The van der Waals surface area contributed by atoms with Gasteiger partial charge in [0.05, 0.1) is 0 Å². The van der Waals surface area contributed by atoms with Gasteiger partial charge in [0.2, 0.25) is 0 Å². The van der Waals surface area contributed by atoms with E-state index in [0.717, 1.165) is 37.2 Å². The van der Waals surface area contributed by atoms with Gasteiger partial charge in [-0.25, -0.2) is 9.97 Å². The quantitative estimate of drug-likeness (QED) is 0.905. The second-order valence-corrected chi connectivity index (χ2v) is 6.63. The van der Waals surface area contributed by atoms with E-state index >= 15 is 0 Å². The summed E-state index contributed by atoms with van der Waals surface area (Å²) >= 11 is 0. The van der Waals surface area contributed by atoms with Gasteiger partial charge in [0.1, 0.15) is 11.3 Å². The molecule has 118 valence electrons. The molecule has 2 N–H and O–H groups in total. The van der Waals surface area contributed by atoms with Crippen molar-refractivity contribution in [2.24, 2.45) is 0 Å². The fourth-order valence-electron chi connectivity index (χ4n) is 3.80. The molecular formula is C17H25N5. The highest BCUT2D eigenvalue weighted by molar-refractivity contribution is 5.71. The van der Waals surface area contributed by atoms with Gasteiger partial charge in [0, 0.05) is 31.2 Å². The Labute approximate surface area is 131 Å². The third-order valence-corrected chi connectivity index (χ3v) is 4.99. The molecule has 2 aliphatic rings. The van der Waals surface area contributed by atoms with E-state index in [0.29, 0.717) is 12.1 Å². The van der Waals surface area contributed by atoms with Crippen LogP contribution in [0.2, 0.25) is 0 Å². The Bertz CT molecular complexity index is 623. The van der Waals surface area contributed by atoms with Crippen molar-refractivity contribution in [1.82, 2.24) is 25.2 Å². The van der Waals surface area contributed by atoms with E-state index in [1.807, 2.05) is 12.3 Å². The van der Waals surface area contributed by atoms with Crippen LogP contribution in [0.25, 0.3) is 11.2 Å². The summed E-state index contributed by atoms with van der Waals surface area (Å²) in [7, 11) is 0. The SMILES string of the molecule is c1cnc2c(c1)nc(CC1CCCN1)n2CC1CCCCN1. The topological polar surface area (TPSA) is 54.8 Å². The van der Waals surface area contributed by atoms with Crippen LogP contribution in [0, 0.1) is 0 Å². The van der Waals surface area contributed by atoms with E-state index in [4.69, 9.17) is 4.98 Å². The first-order valence-corrected chi connectivity index (χ1v) is 8.67. The average Bonchev–Trinajstić information content (AvgIpc) is 3.18. The highest BCUT2D eigenvalue weighted by Crippen LogP contribution is 2.19. The van der Waals surface area contributed by atoms with Crippen LogP contribution in [0.1, 0.15) is 37.9 Å². The number of hydrogen-bond donors (Lipinski definition) is 2. The lowest BCUT2D eigenvalue weighted by atomic mass is 10.0. The molecule has 4 heterocycles. The van der Waals surface area contributed by atoms with Crippen molar-refractivity contribution < 1.29 is 0 Å². The van der Waals surface area contributed by atoms with Crippen LogP contribution < -0.4 is 10.6 Å². The van der Waals surface area contributed by atoms with Gasteiger partial charge in [-0.3, -0.25) is 0 Å². The maximum atomic E-state index is 4.87. The summed E-state index contributed by atoms with van der Waals surface area (Å²) in [6.45, 7) is 3.28. The predicted molar refractivity (Wildman–Crippen MR) is 87.9 cm³/mol. The van der Waals surface area contributed by atoms with Gasteiger partial charge < -0.3 is 15.2 Å². The number of rotatable bonds is 4. The lowest BCUT2D eigenvalue weighted by molar-refractivity contribution is 0.360. The Hall–Kier alpha value is -1.46. The molecule has 0 spiro atoms. The van der Waals surface area contributed by atoms with E-state index in [1.165, 1.54) is 37.9 Å². The Kier molecular flexibility index (Phi) is 4.08. The maximum Gasteiger partial charge on any atom is 0.160 e. The minimum absolute atomic E-state index is 0.559. The fraction of sp³-hybridized carbons (Fsp3) is 0.647. The summed E-state index contributed by atoms with van der Waals surface area (Å²) < 4.78 is 2.36. The summed E-state index contributed by atoms with van der Waals surface area (Å²) in [6, 6.07) is 5.20. The number of hydrogen-bond acceptors (Lipinski definition) is 4. The third kappa shape index (κ3) is 2.88. The molecule has 4 rings (SSSR count). The Balaban J connectivity index is 1.63. The van der Waals surface area contributed by atoms with Crippen molar-refractivity contribution in [3.05, 3.63) is 24.2 Å². The van der Waals surface area contributed by atoms with Crippen LogP contribution in [0.4, 0.5) is 0 Å². The molecule has 0 radical (unpaired) electrons. The molecule has 0 aliphatic carbocycles. The van der Waals surface area contributed by atoms with Crippen molar-refractivity contribution in [2.45, 2.75) is 57.2 Å². The van der Waals surface area contributed by atoms with Crippen molar-refractivity contribution in [3.63, 3.8) is 0 Å². The molecule has 5 heteroatoms. The number of nitrogens with one attached hydrogen (secondary N) is 2. The summed E-state index contributed by atoms with van der Waals surface area (Å²) in [6.07, 6.45) is 9.34. The highest BCUT2D eigenvalue weighted by Gasteiger charge is 2.22. The van der Waals surface area contributed by atoms with Gasteiger partial charge in [0.15, 0.2) is 5.65 Å². The van der Waals surface area contributed by atoms with Gasteiger partial charge in [0.25, 0.3) is 0 Å². The largest absolute Gasteiger partial charge is 0.314 e. The van der Waals surface area contributed by atoms with Gasteiger partial charge in [-0.15, -0.1) is 0 Å². The van der Waals surface area contributed by atoms with E-state index in [1.54, 1.807) is 0 Å². The number of imidazole rings is 1. The highest BCUT2D eigenvalue weighted by atomic mass is 15.2. The van der Waals surface area contributed by atoms with Crippen LogP contribution in [0.15, 0.2) is 18.3 Å². The van der Waals surface area contributed by atoms with Crippen molar-refractivity contribution in [1.29, 1.82) is 0 Å². The van der Waals surface area contributed by atoms with Gasteiger partial charge >= 0.3 is 0 Å². The molecule has 2 unspecified atom stereocenters. The Morgan fingerprint density at radius 2 is 1.95 bits per heavy atom. The van der Waals surface area contributed by atoms with Crippen LogP contribution in [-0.4, -0.2) is 39.7 Å². The summed E-state index contributed by atoms with van der Waals surface area (Å²) in [5.74, 6) is 1.19. The first kappa shape index (κ1) is 14.2. The van der Waals surface area contributed by atoms with E-state index in [-0.39, 0.29) is 0 Å². The van der Waals surface area contributed by atoms with E-state index < -0.39 is 0 Å². The van der Waals surface area contributed by atoms with E-state index in [2.05, 4.69) is 26.3 Å². The number of nitrogens with zero attached hydrogens (tertiary/aromatic N) is 3. The molecule has 0 saturated carbocycles. The lowest BCUT2D eigenvalue weighted by Gasteiger charge is -2.25. The summed E-state index contributed by atoms with van der Waals surface area (Å²) in [5.41, 5.74) is 2.08. The minimum atomic E-state index is 0.559. The van der Waals surface area contributed by atoms with Crippen LogP contribution in [-0.2, 0) is 13.0 Å². The zero-order valence-corrected chi connectivity index (χ0v) is 13.1.